The first-order valence-electron chi connectivity index (χ1n) is 9.55. The Balaban J connectivity index is 1.83. The number of carboxylic acids is 1. The molecular weight excluding hydrogens is 432 g/mol. The Morgan fingerprint density at radius 1 is 1.00 bits per heavy atom. The zero-order chi connectivity index (χ0) is 23.1. The van der Waals surface area contributed by atoms with Crippen LogP contribution < -0.4 is 14.9 Å². The van der Waals surface area contributed by atoms with Crippen molar-refractivity contribution < 1.29 is 27.8 Å². The Labute approximate surface area is 186 Å². The molecule has 0 fully saturated rings. The number of anilines is 1. The highest BCUT2D eigenvalue weighted by Crippen LogP contribution is 2.33. The van der Waals surface area contributed by atoms with Crippen LogP contribution in [-0.2, 0) is 21.2 Å². The predicted octanol–water partition coefficient (Wildman–Crippen LogP) is 4.33. The van der Waals surface area contributed by atoms with Crippen LogP contribution in [0.1, 0.15) is 12.5 Å². The van der Waals surface area contributed by atoms with Crippen molar-refractivity contribution >= 4 is 27.2 Å². The van der Waals surface area contributed by atoms with Crippen molar-refractivity contribution in [3.63, 3.8) is 0 Å². The highest BCUT2D eigenvalue weighted by atomic mass is 32.2. The van der Waals surface area contributed by atoms with E-state index in [9.17, 15) is 13.2 Å². The molecule has 0 aliphatic heterocycles. The number of carbonyl (C=O) groups is 1. The lowest BCUT2D eigenvalue weighted by Gasteiger charge is -2.14. The van der Waals surface area contributed by atoms with E-state index in [0.717, 1.165) is 11.8 Å². The van der Waals surface area contributed by atoms with Crippen molar-refractivity contribution in [3.8, 4) is 17.2 Å². The summed E-state index contributed by atoms with van der Waals surface area (Å²) in [6.07, 6.45) is 1.14. The topological polar surface area (TPSA) is 114 Å². The summed E-state index contributed by atoms with van der Waals surface area (Å²) < 4.78 is 35.0. The molecular formula is C23H22N2O6S. The summed E-state index contributed by atoms with van der Waals surface area (Å²) in [4.78, 5) is 11.2. The molecule has 0 atom stereocenters. The fourth-order valence-corrected chi connectivity index (χ4v) is 3.23. The van der Waals surface area contributed by atoms with E-state index in [4.69, 9.17) is 14.6 Å². The number of hydrogen-bond acceptors (Lipinski definition) is 7. The number of benzene rings is 3. The van der Waals surface area contributed by atoms with Gasteiger partial charge in [0, 0.05) is 12.3 Å². The average Bonchev–Trinajstić information content (AvgIpc) is 2.77. The summed E-state index contributed by atoms with van der Waals surface area (Å²) in [5.74, 6) is 0.166. The van der Waals surface area contributed by atoms with Gasteiger partial charge < -0.3 is 14.6 Å². The highest BCUT2D eigenvalue weighted by molar-refractivity contribution is 7.90. The molecule has 0 spiro atoms. The monoisotopic (exact) mass is 454 g/mol. The minimum absolute atomic E-state index is 0.106. The van der Waals surface area contributed by atoms with Gasteiger partial charge in [-0.1, -0.05) is 30.3 Å². The molecule has 0 saturated carbocycles. The number of aliphatic carboxylic acids is 1. The SMILES string of the molecule is CC(=NNc1ccc(Oc2ccc(S(C)(=O)=O)cc2)cc1OCc1ccccc1)C(=O)O. The van der Waals surface area contributed by atoms with Gasteiger partial charge in [0.05, 0.1) is 10.6 Å². The van der Waals surface area contributed by atoms with Gasteiger partial charge in [0.1, 0.15) is 29.6 Å². The molecule has 0 bridgehead atoms. The number of carboxylic acid groups (broad SMARTS) is 1. The van der Waals surface area contributed by atoms with Gasteiger partial charge in [-0.15, -0.1) is 0 Å². The van der Waals surface area contributed by atoms with Crippen molar-refractivity contribution in [1.82, 2.24) is 0 Å². The predicted molar refractivity (Wildman–Crippen MR) is 121 cm³/mol. The van der Waals surface area contributed by atoms with Gasteiger partial charge >= 0.3 is 5.97 Å². The first-order chi connectivity index (χ1) is 15.2. The number of hydrogen-bond donors (Lipinski definition) is 2. The minimum atomic E-state index is -3.30. The number of nitrogens with one attached hydrogen (secondary N) is 1. The van der Waals surface area contributed by atoms with Crippen molar-refractivity contribution in [2.45, 2.75) is 18.4 Å². The molecule has 0 unspecified atom stereocenters. The summed E-state index contributed by atoms with van der Waals surface area (Å²) in [6, 6.07) is 20.6. The zero-order valence-electron chi connectivity index (χ0n) is 17.5. The third kappa shape index (κ3) is 6.32. The second-order valence-electron chi connectivity index (χ2n) is 6.89. The van der Waals surface area contributed by atoms with Crippen molar-refractivity contribution in [3.05, 3.63) is 78.4 Å². The minimum Gasteiger partial charge on any atom is -0.487 e. The molecule has 0 aromatic heterocycles. The van der Waals surface area contributed by atoms with Gasteiger partial charge in [-0.05, 0) is 48.9 Å². The molecule has 0 saturated heterocycles. The Hall–Kier alpha value is -3.85. The van der Waals surface area contributed by atoms with Crippen LogP contribution in [0.3, 0.4) is 0 Å². The molecule has 3 rings (SSSR count). The largest absolute Gasteiger partial charge is 0.487 e. The number of hydrazone groups is 1. The van der Waals surface area contributed by atoms with Crippen LogP contribution in [0.5, 0.6) is 17.2 Å². The Kier molecular flexibility index (Phi) is 7.11. The van der Waals surface area contributed by atoms with E-state index in [1.54, 1.807) is 30.3 Å². The van der Waals surface area contributed by atoms with Crippen LogP contribution in [-0.4, -0.2) is 31.5 Å². The quantitative estimate of drug-likeness (QED) is 0.365. The number of ether oxygens (including phenoxy) is 2. The van der Waals surface area contributed by atoms with E-state index >= 15 is 0 Å². The summed E-state index contributed by atoms with van der Waals surface area (Å²) in [5, 5.41) is 12.8. The molecule has 0 heterocycles. The van der Waals surface area contributed by atoms with E-state index in [0.29, 0.717) is 22.9 Å². The second kappa shape index (κ2) is 9.97. The van der Waals surface area contributed by atoms with Crippen LogP contribution >= 0.6 is 0 Å². The molecule has 3 aromatic carbocycles. The Morgan fingerprint density at radius 2 is 1.66 bits per heavy atom. The highest BCUT2D eigenvalue weighted by Gasteiger charge is 2.10. The maximum Gasteiger partial charge on any atom is 0.351 e. The molecule has 166 valence electrons. The lowest BCUT2D eigenvalue weighted by molar-refractivity contribution is -0.129. The van der Waals surface area contributed by atoms with Gasteiger partial charge in [-0.25, -0.2) is 13.2 Å². The first-order valence-corrected chi connectivity index (χ1v) is 11.4. The number of sulfone groups is 1. The first kappa shape index (κ1) is 22.8. The van der Waals surface area contributed by atoms with Crippen molar-refractivity contribution in [2.24, 2.45) is 5.10 Å². The number of rotatable bonds is 9. The normalized spacial score (nSPS) is 11.6. The van der Waals surface area contributed by atoms with Crippen molar-refractivity contribution in [1.29, 1.82) is 0 Å². The van der Waals surface area contributed by atoms with E-state index in [1.165, 1.54) is 19.1 Å². The third-order valence-corrected chi connectivity index (χ3v) is 5.46. The molecule has 3 aromatic rings. The maximum absolute atomic E-state index is 11.6. The van der Waals surface area contributed by atoms with Crippen LogP contribution in [0, 0.1) is 0 Å². The van der Waals surface area contributed by atoms with Crippen LogP contribution in [0.15, 0.2) is 82.8 Å². The van der Waals surface area contributed by atoms with Crippen LogP contribution in [0.4, 0.5) is 5.69 Å². The fourth-order valence-electron chi connectivity index (χ4n) is 2.60. The van der Waals surface area contributed by atoms with Gasteiger partial charge in [0.15, 0.2) is 9.84 Å². The standard InChI is InChI=1S/C23H22N2O6S/c1-16(23(26)27)24-25-21-13-10-19(14-22(21)30-15-17-6-4-3-5-7-17)31-18-8-11-20(12-9-18)32(2,28)29/h3-14,25H,15H2,1-2H3,(H,26,27). The molecule has 9 heteroatoms. The van der Waals surface area contributed by atoms with Gasteiger partial charge in [0.2, 0.25) is 0 Å². The van der Waals surface area contributed by atoms with Crippen LogP contribution in [0.25, 0.3) is 0 Å². The van der Waals surface area contributed by atoms with Gasteiger partial charge in [-0.3, -0.25) is 5.43 Å². The molecule has 32 heavy (non-hydrogen) atoms. The Morgan fingerprint density at radius 3 is 2.28 bits per heavy atom. The smallest absolute Gasteiger partial charge is 0.351 e. The number of nitrogens with zero attached hydrogens (tertiary/aromatic N) is 1. The average molecular weight is 455 g/mol. The molecule has 0 radical (unpaired) electrons. The Bertz CT molecular complexity index is 1220. The van der Waals surface area contributed by atoms with Gasteiger partial charge in [-0.2, -0.15) is 5.10 Å². The maximum atomic E-state index is 11.6. The summed E-state index contributed by atoms with van der Waals surface area (Å²) in [7, 11) is -3.30. The summed E-state index contributed by atoms with van der Waals surface area (Å²) >= 11 is 0. The molecule has 8 nitrogen and oxygen atoms in total. The molecule has 2 N–H and O–H groups in total. The van der Waals surface area contributed by atoms with Crippen molar-refractivity contribution in [2.75, 3.05) is 11.7 Å². The summed E-state index contributed by atoms with van der Waals surface area (Å²) in [5.41, 5.74) is 4.01. The van der Waals surface area contributed by atoms with E-state index in [1.807, 2.05) is 30.3 Å². The van der Waals surface area contributed by atoms with E-state index in [2.05, 4.69) is 10.5 Å². The van der Waals surface area contributed by atoms with E-state index < -0.39 is 15.8 Å². The lowest BCUT2D eigenvalue weighted by Crippen LogP contribution is -2.10. The molecule has 0 amide bonds. The summed E-state index contributed by atoms with van der Waals surface area (Å²) in [6.45, 7) is 1.65. The molecule has 0 aliphatic carbocycles. The molecule has 0 aliphatic rings. The fraction of sp³-hybridized carbons (Fsp3) is 0.130. The third-order valence-electron chi connectivity index (χ3n) is 4.33. The van der Waals surface area contributed by atoms with Crippen LogP contribution in [0.2, 0.25) is 0 Å². The van der Waals surface area contributed by atoms with Gasteiger partial charge in [0.25, 0.3) is 0 Å². The van der Waals surface area contributed by atoms with E-state index in [-0.39, 0.29) is 17.2 Å². The lowest BCUT2D eigenvalue weighted by atomic mass is 10.2. The zero-order valence-corrected chi connectivity index (χ0v) is 18.3. The second-order valence-corrected chi connectivity index (χ2v) is 8.91.